The number of hydrogen-bond acceptors (Lipinski definition) is 4. The maximum absolute atomic E-state index is 11.9. The lowest BCUT2D eigenvalue weighted by atomic mass is 10.2. The number of aromatic nitrogens is 1. The van der Waals surface area contributed by atoms with Crippen LogP contribution in [0.3, 0.4) is 0 Å². The van der Waals surface area contributed by atoms with Crippen molar-refractivity contribution in [2.45, 2.75) is 46.3 Å². The molecule has 2 heterocycles. The van der Waals surface area contributed by atoms with Crippen LogP contribution in [0.5, 0.6) is 5.75 Å². The van der Waals surface area contributed by atoms with Crippen LogP contribution in [0.15, 0.2) is 29.4 Å². The lowest BCUT2D eigenvalue weighted by molar-refractivity contribution is -0.123. The number of amides is 1. The second kappa shape index (κ2) is 9.26. The van der Waals surface area contributed by atoms with E-state index in [2.05, 4.69) is 35.0 Å². The van der Waals surface area contributed by atoms with E-state index in [0.717, 1.165) is 48.5 Å². The van der Waals surface area contributed by atoms with Crippen molar-refractivity contribution in [2.24, 2.45) is 5.10 Å². The Morgan fingerprint density at radius 1 is 1.39 bits per heavy atom. The standard InChI is InChI=1S/C21H26ClN3O3/c1-14-9-18(6-7-20(14)22)28-13-21(26)24-23-11-17-10-15(2)25(16(17)3)12-19-5-4-8-27-19/h6-7,9-11,19H,4-5,8,12-13H2,1-3H3,(H,24,26)/b23-11-/t19-/m0/s1. The molecular formula is C21H26ClN3O3. The number of nitrogens with one attached hydrogen (secondary N) is 1. The minimum atomic E-state index is -0.322. The SMILES string of the molecule is Cc1cc(OCC(=O)N/N=C\c2cc(C)n(C[C@@H]3CCCO3)c2C)ccc1Cl. The zero-order valence-corrected chi connectivity index (χ0v) is 17.3. The van der Waals surface area contributed by atoms with Crippen molar-refractivity contribution >= 4 is 23.7 Å². The number of ether oxygens (including phenoxy) is 2. The van der Waals surface area contributed by atoms with Gasteiger partial charge >= 0.3 is 0 Å². The van der Waals surface area contributed by atoms with Crippen LogP contribution in [0.2, 0.25) is 5.02 Å². The number of nitrogens with zero attached hydrogens (tertiary/aromatic N) is 2. The van der Waals surface area contributed by atoms with Gasteiger partial charge in [-0.25, -0.2) is 5.43 Å². The highest BCUT2D eigenvalue weighted by Crippen LogP contribution is 2.21. The average molecular weight is 404 g/mol. The normalized spacial score (nSPS) is 16.6. The average Bonchev–Trinajstić information content (AvgIpc) is 3.27. The van der Waals surface area contributed by atoms with Crippen molar-refractivity contribution in [3.63, 3.8) is 0 Å². The summed E-state index contributed by atoms with van der Waals surface area (Å²) in [6, 6.07) is 7.33. The first kappa shape index (κ1) is 20.4. The molecule has 1 saturated heterocycles. The van der Waals surface area contributed by atoms with Crippen LogP contribution in [0.25, 0.3) is 0 Å². The van der Waals surface area contributed by atoms with Gasteiger partial charge in [-0.15, -0.1) is 0 Å². The fourth-order valence-corrected chi connectivity index (χ4v) is 3.41. The van der Waals surface area contributed by atoms with Crippen LogP contribution in [0, 0.1) is 20.8 Å². The second-order valence-corrected chi connectivity index (χ2v) is 7.47. The summed E-state index contributed by atoms with van der Waals surface area (Å²) < 4.78 is 13.4. The highest BCUT2D eigenvalue weighted by molar-refractivity contribution is 6.31. The molecule has 1 amide bonds. The molecule has 150 valence electrons. The van der Waals surface area contributed by atoms with Gasteiger partial charge in [0, 0.05) is 35.1 Å². The van der Waals surface area contributed by atoms with Gasteiger partial charge in [0.25, 0.3) is 5.91 Å². The summed E-state index contributed by atoms with van der Waals surface area (Å²) in [6.45, 7) is 7.59. The second-order valence-electron chi connectivity index (χ2n) is 7.06. The molecule has 0 radical (unpaired) electrons. The number of carbonyl (C=O) groups is 1. The molecule has 2 aromatic rings. The van der Waals surface area contributed by atoms with Crippen LogP contribution >= 0.6 is 11.6 Å². The van der Waals surface area contributed by atoms with Crippen molar-refractivity contribution in [3.8, 4) is 5.75 Å². The third-order valence-electron chi connectivity index (χ3n) is 4.92. The Hall–Kier alpha value is -2.31. The van der Waals surface area contributed by atoms with Crippen LogP contribution in [-0.4, -0.2) is 36.0 Å². The van der Waals surface area contributed by atoms with E-state index in [1.54, 1.807) is 24.4 Å². The van der Waals surface area contributed by atoms with Gasteiger partial charge in [0.05, 0.1) is 12.3 Å². The molecule has 6 nitrogen and oxygen atoms in total. The molecule has 0 spiro atoms. The Kier molecular flexibility index (Phi) is 6.75. The monoisotopic (exact) mass is 403 g/mol. The molecule has 1 atom stereocenters. The van der Waals surface area contributed by atoms with Crippen LogP contribution in [0.1, 0.15) is 35.4 Å². The van der Waals surface area contributed by atoms with Crippen molar-refractivity contribution in [3.05, 3.63) is 51.8 Å². The van der Waals surface area contributed by atoms with Gasteiger partial charge in [-0.05, 0) is 63.4 Å². The molecule has 0 aliphatic carbocycles. The van der Waals surface area contributed by atoms with Crippen LogP contribution in [0.4, 0.5) is 0 Å². The van der Waals surface area contributed by atoms with Gasteiger partial charge < -0.3 is 14.0 Å². The van der Waals surface area contributed by atoms with Crippen LogP contribution < -0.4 is 10.2 Å². The van der Waals surface area contributed by atoms with Gasteiger partial charge in [0.2, 0.25) is 0 Å². The molecule has 0 bridgehead atoms. The zero-order valence-electron chi connectivity index (χ0n) is 16.5. The maximum Gasteiger partial charge on any atom is 0.277 e. The molecular weight excluding hydrogens is 378 g/mol. The van der Waals surface area contributed by atoms with E-state index in [0.29, 0.717) is 10.8 Å². The third kappa shape index (κ3) is 5.14. The summed E-state index contributed by atoms with van der Waals surface area (Å²) in [4.78, 5) is 11.9. The number of hydrazone groups is 1. The quantitative estimate of drug-likeness (QED) is 0.565. The third-order valence-corrected chi connectivity index (χ3v) is 5.34. The first-order chi connectivity index (χ1) is 13.4. The van der Waals surface area contributed by atoms with E-state index >= 15 is 0 Å². The van der Waals surface area contributed by atoms with Crippen molar-refractivity contribution in [1.82, 2.24) is 9.99 Å². The molecule has 0 saturated carbocycles. The summed E-state index contributed by atoms with van der Waals surface area (Å²) in [7, 11) is 0. The minimum absolute atomic E-state index is 0.115. The smallest absolute Gasteiger partial charge is 0.277 e. The number of benzene rings is 1. The highest BCUT2D eigenvalue weighted by Gasteiger charge is 2.18. The fourth-order valence-electron chi connectivity index (χ4n) is 3.29. The lowest BCUT2D eigenvalue weighted by Gasteiger charge is -2.14. The molecule has 1 aliphatic rings. The first-order valence-corrected chi connectivity index (χ1v) is 9.81. The molecule has 0 unspecified atom stereocenters. The van der Waals surface area contributed by atoms with Crippen molar-refractivity contribution in [1.29, 1.82) is 0 Å². The summed E-state index contributed by atoms with van der Waals surface area (Å²) in [5.74, 6) is 0.274. The Bertz CT molecular complexity index is 870. The molecule has 28 heavy (non-hydrogen) atoms. The predicted octanol–water partition coefficient (Wildman–Crippen LogP) is 3.77. The van der Waals surface area contributed by atoms with E-state index in [1.807, 2.05) is 6.92 Å². The van der Waals surface area contributed by atoms with Gasteiger partial charge in [-0.1, -0.05) is 11.6 Å². The van der Waals surface area contributed by atoms with Gasteiger partial charge in [-0.2, -0.15) is 5.10 Å². The highest BCUT2D eigenvalue weighted by atomic mass is 35.5. The lowest BCUT2D eigenvalue weighted by Crippen LogP contribution is -2.24. The molecule has 7 heteroatoms. The van der Waals surface area contributed by atoms with Crippen molar-refractivity contribution in [2.75, 3.05) is 13.2 Å². The predicted molar refractivity (Wildman–Crippen MR) is 110 cm³/mol. The summed E-state index contributed by atoms with van der Waals surface area (Å²) in [6.07, 6.45) is 4.17. The summed E-state index contributed by atoms with van der Waals surface area (Å²) in [5, 5.41) is 4.73. The summed E-state index contributed by atoms with van der Waals surface area (Å²) in [5.41, 5.74) is 6.64. The number of hydrogen-bond donors (Lipinski definition) is 1. The van der Waals surface area contributed by atoms with Gasteiger partial charge in [0.1, 0.15) is 5.75 Å². The van der Waals surface area contributed by atoms with Gasteiger partial charge in [-0.3, -0.25) is 4.79 Å². The molecule has 1 fully saturated rings. The van der Waals surface area contributed by atoms with E-state index in [-0.39, 0.29) is 18.6 Å². The van der Waals surface area contributed by atoms with E-state index in [9.17, 15) is 4.79 Å². The summed E-state index contributed by atoms with van der Waals surface area (Å²) >= 11 is 5.98. The number of carbonyl (C=O) groups excluding carboxylic acids is 1. The number of rotatable bonds is 7. The minimum Gasteiger partial charge on any atom is -0.484 e. The van der Waals surface area contributed by atoms with Crippen molar-refractivity contribution < 1.29 is 14.3 Å². The Balaban J connectivity index is 1.52. The Morgan fingerprint density at radius 2 is 2.21 bits per heavy atom. The van der Waals surface area contributed by atoms with E-state index < -0.39 is 0 Å². The topological polar surface area (TPSA) is 64.8 Å². The molecule has 3 rings (SSSR count). The maximum atomic E-state index is 11.9. The Morgan fingerprint density at radius 3 is 2.93 bits per heavy atom. The molecule has 1 aromatic heterocycles. The molecule has 1 aromatic carbocycles. The molecule has 1 aliphatic heterocycles. The van der Waals surface area contributed by atoms with Gasteiger partial charge in [0.15, 0.2) is 6.61 Å². The number of halogens is 1. The largest absolute Gasteiger partial charge is 0.484 e. The van der Waals surface area contributed by atoms with E-state index in [4.69, 9.17) is 21.1 Å². The molecule has 1 N–H and O–H groups in total. The number of aryl methyl sites for hydroxylation is 2. The van der Waals surface area contributed by atoms with Crippen LogP contribution in [-0.2, 0) is 16.1 Å². The fraction of sp³-hybridized carbons (Fsp3) is 0.429. The van der Waals surface area contributed by atoms with E-state index in [1.165, 1.54) is 0 Å². The first-order valence-electron chi connectivity index (χ1n) is 9.43. The zero-order chi connectivity index (χ0) is 20.1. The Labute approximate surface area is 170 Å².